The SMILES string of the molecule is Cc1cc(-c2ccc(N=NC3C(=O)NC(=O)NC3=O)cc2)c2ncsc2c1S(=O)(=O)[O-].[Na+]. The Labute approximate surface area is 207 Å². The summed E-state index contributed by atoms with van der Waals surface area (Å²) < 4.78 is 35.2. The van der Waals surface area contributed by atoms with Gasteiger partial charge in [-0.25, -0.2) is 18.2 Å². The smallest absolute Gasteiger partial charge is 0.744 e. The summed E-state index contributed by atoms with van der Waals surface area (Å²) in [6.07, 6.45) is 0. The third-order valence-electron chi connectivity index (χ3n) is 4.43. The average molecular weight is 481 g/mol. The number of fused-ring (bicyclic) bond motifs is 1. The number of imide groups is 2. The van der Waals surface area contributed by atoms with Gasteiger partial charge in [0.2, 0.25) is 6.04 Å². The van der Waals surface area contributed by atoms with Crippen molar-refractivity contribution in [1.29, 1.82) is 0 Å². The van der Waals surface area contributed by atoms with Gasteiger partial charge in [0.15, 0.2) is 0 Å². The Morgan fingerprint density at radius 1 is 1.09 bits per heavy atom. The number of barbiturate groups is 1. The Hall–Kier alpha value is -2.55. The van der Waals surface area contributed by atoms with E-state index in [0.29, 0.717) is 27.9 Å². The number of aromatic nitrogens is 1. The molecule has 14 heteroatoms. The number of urea groups is 1. The molecule has 0 unspecified atom stereocenters. The first kappa shape index (κ1) is 24.1. The van der Waals surface area contributed by atoms with Gasteiger partial charge in [-0.1, -0.05) is 12.1 Å². The molecule has 0 radical (unpaired) electrons. The Balaban J connectivity index is 0.00000289. The second-order valence-corrected chi connectivity index (χ2v) is 8.70. The maximum absolute atomic E-state index is 11.7. The summed E-state index contributed by atoms with van der Waals surface area (Å²) in [5.74, 6) is -1.74. The van der Waals surface area contributed by atoms with Gasteiger partial charge in [-0.2, -0.15) is 10.2 Å². The largest absolute Gasteiger partial charge is 1.00 e. The first-order valence-corrected chi connectivity index (χ1v) is 10.9. The van der Waals surface area contributed by atoms with Crippen LogP contribution in [-0.2, 0) is 19.7 Å². The van der Waals surface area contributed by atoms with Gasteiger partial charge in [0, 0.05) is 5.56 Å². The van der Waals surface area contributed by atoms with E-state index in [0.717, 1.165) is 11.3 Å². The zero-order chi connectivity index (χ0) is 22.3. The second kappa shape index (κ2) is 9.13. The Morgan fingerprint density at radius 2 is 1.72 bits per heavy atom. The van der Waals surface area contributed by atoms with Crippen LogP contribution in [0.1, 0.15) is 5.56 Å². The van der Waals surface area contributed by atoms with E-state index in [9.17, 15) is 27.4 Å². The monoisotopic (exact) mass is 481 g/mol. The molecule has 2 heterocycles. The molecule has 4 rings (SSSR count). The third-order valence-corrected chi connectivity index (χ3v) is 6.43. The number of azo groups is 1. The van der Waals surface area contributed by atoms with E-state index >= 15 is 0 Å². The predicted octanol–water partition coefficient (Wildman–Crippen LogP) is -1.00. The number of benzene rings is 2. The second-order valence-electron chi connectivity index (χ2n) is 6.53. The molecule has 1 saturated heterocycles. The molecule has 4 amide bonds. The minimum atomic E-state index is -4.66. The fraction of sp³-hybridized carbons (Fsp3) is 0.111. The molecule has 11 nitrogen and oxygen atoms in total. The molecule has 1 fully saturated rings. The van der Waals surface area contributed by atoms with Crippen LogP contribution in [0.15, 0.2) is 51.0 Å². The molecule has 1 aromatic heterocycles. The molecule has 1 aliphatic heterocycles. The molecule has 0 spiro atoms. The number of aryl methyl sites for hydroxylation is 1. The quantitative estimate of drug-likeness (QED) is 0.208. The van der Waals surface area contributed by atoms with E-state index < -0.39 is 34.0 Å². The van der Waals surface area contributed by atoms with Gasteiger partial charge < -0.3 is 4.55 Å². The molecule has 0 bridgehead atoms. The van der Waals surface area contributed by atoms with Gasteiger partial charge in [-0.3, -0.25) is 20.2 Å². The van der Waals surface area contributed by atoms with Gasteiger partial charge in [-0.05, 0) is 36.2 Å². The molecule has 0 aliphatic carbocycles. The zero-order valence-electron chi connectivity index (χ0n) is 16.6. The first-order chi connectivity index (χ1) is 14.6. The van der Waals surface area contributed by atoms with Crippen molar-refractivity contribution in [1.82, 2.24) is 15.6 Å². The fourth-order valence-electron chi connectivity index (χ4n) is 3.11. The van der Waals surface area contributed by atoms with Crippen molar-refractivity contribution in [3.8, 4) is 11.1 Å². The van der Waals surface area contributed by atoms with Crippen molar-refractivity contribution in [2.45, 2.75) is 17.9 Å². The predicted molar refractivity (Wildman–Crippen MR) is 108 cm³/mol. The van der Waals surface area contributed by atoms with Crippen molar-refractivity contribution in [2.75, 3.05) is 0 Å². The third kappa shape index (κ3) is 4.62. The van der Waals surface area contributed by atoms with Crippen LogP contribution in [0.4, 0.5) is 10.5 Å². The average Bonchev–Trinajstić information content (AvgIpc) is 3.15. The van der Waals surface area contributed by atoms with E-state index in [4.69, 9.17) is 0 Å². The molecule has 3 aromatic rings. The Bertz CT molecular complexity index is 1360. The number of amides is 4. The van der Waals surface area contributed by atoms with Crippen LogP contribution in [0.5, 0.6) is 0 Å². The van der Waals surface area contributed by atoms with E-state index in [2.05, 4.69) is 15.2 Å². The summed E-state index contributed by atoms with van der Waals surface area (Å²) in [5.41, 5.74) is 3.83. The first-order valence-electron chi connectivity index (χ1n) is 8.65. The minimum Gasteiger partial charge on any atom is -0.744 e. The van der Waals surface area contributed by atoms with Crippen molar-refractivity contribution >= 4 is 55.2 Å². The summed E-state index contributed by atoms with van der Waals surface area (Å²) in [5, 5.41) is 11.4. The summed E-state index contributed by atoms with van der Waals surface area (Å²) in [4.78, 5) is 38.4. The van der Waals surface area contributed by atoms with Crippen molar-refractivity contribution in [3.05, 3.63) is 41.4 Å². The van der Waals surface area contributed by atoms with Gasteiger partial charge in [0.25, 0.3) is 11.8 Å². The molecule has 1 aliphatic rings. The molecule has 32 heavy (non-hydrogen) atoms. The number of carbonyl (C=O) groups is 3. The number of carbonyl (C=O) groups excluding carboxylic acids is 3. The number of rotatable bonds is 4. The summed E-state index contributed by atoms with van der Waals surface area (Å²) in [6, 6.07) is 5.71. The molecular formula is C18H12N5NaO6S2. The fourth-order valence-corrected chi connectivity index (χ4v) is 5.14. The van der Waals surface area contributed by atoms with Crippen LogP contribution in [-0.4, -0.2) is 41.8 Å². The van der Waals surface area contributed by atoms with Gasteiger partial charge in [-0.15, -0.1) is 11.3 Å². The number of nitrogens with zero attached hydrogens (tertiary/aromatic N) is 3. The summed E-state index contributed by atoms with van der Waals surface area (Å²) in [7, 11) is -4.66. The Kier molecular flexibility index (Phi) is 6.88. The standard InChI is InChI=1S/C18H13N5O6S2.Na/c1-8-6-11(12-14(30-7-19-12)15(8)31(27,28)29)9-2-4-10(5-3-9)22-23-13-16(24)20-18(26)21-17(13)25;/h2-7,13H,1H3,(H,27,28,29)(H2,20,21,24,25,26);/q;+1/p-1. The van der Waals surface area contributed by atoms with Crippen molar-refractivity contribution in [3.63, 3.8) is 0 Å². The van der Waals surface area contributed by atoms with Gasteiger partial charge in [0.1, 0.15) is 10.1 Å². The number of thiazole rings is 1. The number of nitrogens with one attached hydrogen (secondary N) is 2. The van der Waals surface area contributed by atoms with Gasteiger partial charge >= 0.3 is 35.6 Å². The number of hydrogen-bond donors (Lipinski definition) is 2. The summed E-state index contributed by atoms with van der Waals surface area (Å²) >= 11 is 1.07. The van der Waals surface area contributed by atoms with Crippen molar-refractivity contribution < 1.29 is 56.9 Å². The van der Waals surface area contributed by atoms with Crippen LogP contribution < -0.4 is 40.2 Å². The molecule has 2 N–H and O–H groups in total. The molecule has 0 saturated carbocycles. The van der Waals surface area contributed by atoms with Crippen LogP contribution >= 0.6 is 11.3 Å². The maximum atomic E-state index is 11.7. The molecule has 158 valence electrons. The van der Waals surface area contributed by atoms with Crippen LogP contribution in [0.3, 0.4) is 0 Å². The van der Waals surface area contributed by atoms with E-state index in [-0.39, 0.29) is 39.2 Å². The maximum Gasteiger partial charge on any atom is 1.00 e. The van der Waals surface area contributed by atoms with E-state index in [1.54, 1.807) is 37.3 Å². The van der Waals surface area contributed by atoms with Gasteiger partial charge in [0.05, 0.1) is 26.3 Å². The van der Waals surface area contributed by atoms with E-state index in [1.165, 1.54) is 5.51 Å². The van der Waals surface area contributed by atoms with Crippen LogP contribution in [0.25, 0.3) is 21.3 Å². The normalized spacial score (nSPS) is 15.0. The molecular weight excluding hydrogens is 469 g/mol. The van der Waals surface area contributed by atoms with E-state index in [1.807, 2.05) is 10.6 Å². The van der Waals surface area contributed by atoms with Crippen molar-refractivity contribution in [2.24, 2.45) is 10.2 Å². The van der Waals surface area contributed by atoms with Crippen LogP contribution in [0.2, 0.25) is 0 Å². The molecule has 0 atom stereocenters. The topological polar surface area (TPSA) is 170 Å². The zero-order valence-corrected chi connectivity index (χ0v) is 20.3. The number of hydrogen-bond acceptors (Lipinski definition) is 10. The van der Waals surface area contributed by atoms with Crippen LogP contribution in [0, 0.1) is 6.92 Å². The molecule has 2 aromatic carbocycles. The Morgan fingerprint density at radius 3 is 2.31 bits per heavy atom. The minimum absolute atomic E-state index is 0. The summed E-state index contributed by atoms with van der Waals surface area (Å²) in [6.45, 7) is 1.54.